The molecule has 0 saturated carbocycles. The highest BCUT2D eigenvalue weighted by atomic mass is 79.9. The van der Waals surface area contributed by atoms with E-state index in [1.54, 1.807) is 12.1 Å². The first-order valence-electron chi connectivity index (χ1n) is 5.29. The Labute approximate surface area is 116 Å². The molecule has 0 unspecified atom stereocenters. The Balaban J connectivity index is 2.19. The van der Waals surface area contributed by atoms with E-state index in [1.807, 2.05) is 0 Å². The Morgan fingerprint density at radius 3 is 3.00 bits per heavy atom. The van der Waals surface area contributed by atoms with E-state index in [9.17, 15) is 9.18 Å². The molecule has 0 bridgehead atoms. The van der Waals surface area contributed by atoms with Crippen LogP contribution in [0.3, 0.4) is 0 Å². The van der Waals surface area contributed by atoms with E-state index in [-0.39, 0.29) is 17.8 Å². The van der Waals surface area contributed by atoms with Crippen LogP contribution in [0, 0.1) is 5.82 Å². The maximum absolute atomic E-state index is 13.5. The highest BCUT2D eigenvalue weighted by molar-refractivity contribution is 9.10. The molecule has 98 valence electrons. The second-order valence-corrected chi connectivity index (χ2v) is 4.58. The largest absolute Gasteiger partial charge is 0.478 e. The molecule has 0 fully saturated rings. The second kappa shape index (κ2) is 5.75. The van der Waals surface area contributed by atoms with Crippen molar-refractivity contribution in [1.82, 2.24) is 9.97 Å². The number of carbonyl (C=O) groups is 1. The topological polar surface area (TPSA) is 75.1 Å². The van der Waals surface area contributed by atoms with Gasteiger partial charge in [-0.2, -0.15) is 0 Å². The fraction of sp³-hybridized carbons (Fsp3) is 0.0833. The Kier molecular flexibility index (Phi) is 4.06. The summed E-state index contributed by atoms with van der Waals surface area (Å²) in [5.41, 5.74) is 0.552. The lowest BCUT2D eigenvalue weighted by molar-refractivity contribution is 0.0694. The van der Waals surface area contributed by atoms with E-state index in [4.69, 9.17) is 5.11 Å². The van der Waals surface area contributed by atoms with E-state index in [1.165, 1.54) is 18.6 Å². The van der Waals surface area contributed by atoms with Crippen molar-refractivity contribution in [2.24, 2.45) is 0 Å². The number of carboxylic acids is 1. The maximum Gasteiger partial charge on any atom is 0.339 e. The van der Waals surface area contributed by atoms with Crippen molar-refractivity contribution in [3.63, 3.8) is 0 Å². The number of halogens is 2. The minimum Gasteiger partial charge on any atom is -0.478 e. The van der Waals surface area contributed by atoms with Gasteiger partial charge in [-0.15, -0.1) is 0 Å². The molecule has 1 aromatic carbocycles. The summed E-state index contributed by atoms with van der Waals surface area (Å²) in [4.78, 5) is 18.5. The molecule has 2 N–H and O–H groups in total. The van der Waals surface area contributed by atoms with Gasteiger partial charge in [0.1, 0.15) is 17.7 Å². The van der Waals surface area contributed by atoms with Crippen molar-refractivity contribution >= 4 is 27.6 Å². The van der Waals surface area contributed by atoms with Crippen LogP contribution in [0.2, 0.25) is 0 Å². The van der Waals surface area contributed by atoms with Crippen molar-refractivity contribution in [2.45, 2.75) is 6.54 Å². The average Bonchev–Trinajstić information content (AvgIpc) is 2.40. The molecule has 0 aliphatic heterocycles. The smallest absolute Gasteiger partial charge is 0.339 e. The van der Waals surface area contributed by atoms with Gasteiger partial charge in [-0.25, -0.2) is 19.2 Å². The van der Waals surface area contributed by atoms with Crippen molar-refractivity contribution in [3.05, 3.63) is 52.3 Å². The summed E-state index contributed by atoms with van der Waals surface area (Å²) in [6, 6.07) is 4.45. The van der Waals surface area contributed by atoms with E-state index in [0.717, 1.165) is 4.47 Å². The normalized spacial score (nSPS) is 10.2. The zero-order valence-corrected chi connectivity index (χ0v) is 11.2. The molecule has 2 rings (SSSR count). The zero-order valence-electron chi connectivity index (χ0n) is 9.60. The minimum absolute atomic E-state index is 0.00888. The Morgan fingerprint density at radius 1 is 1.47 bits per heavy atom. The third-order valence-electron chi connectivity index (χ3n) is 2.40. The molecule has 0 amide bonds. The Morgan fingerprint density at radius 2 is 2.26 bits per heavy atom. The van der Waals surface area contributed by atoms with Gasteiger partial charge in [0.25, 0.3) is 0 Å². The van der Waals surface area contributed by atoms with Crippen molar-refractivity contribution in [1.29, 1.82) is 0 Å². The predicted molar refractivity (Wildman–Crippen MR) is 70.4 cm³/mol. The van der Waals surface area contributed by atoms with Crippen LogP contribution in [0.4, 0.5) is 10.1 Å². The number of hydrogen-bond donors (Lipinski definition) is 2. The molecule has 19 heavy (non-hydrogen) atoms. The van der Waals surface area contributed by atoms with Gasteiger partial charge in [0.15, 0.2) is 0 Å². The minimum atomic E-state index is -1.12. The molecular formula is C12H9BrFN3O2. The zero-order chi connectivity index (χ0) is 13.8. The van der Waals surface area contributed by atoms with Gasteiger partial charge in [-0.05, 0) is 18.2 Å². The van der Waals surface area contributed by atoms with Crippen molar-refractivity contribution in [2.75, 3.05) is 5.32 Å². The van der Waals surface area contributed by atoms with E-state index < -0.39 is 11.8 Å². The quantitative estimate of drug-likeness (QED) is 0.903. The third-order valence-corrected chi connectivity index (χ3v) is 2.89. The van der Waals surface area contributed by atoms with Crippen LogP contribution in [0.1, 0.15) is 16.1 Å². The number of aromatic nitrogens is 2. The molecule has 0 radical (unpaired) electrons. The summed E-state index contributed by atoms with van der Waals surface area (Å²) < 4.78 is 14.2. The van der Waals surface area contributed by atoms with Gasteiger partial charge in [0.05, 0.1) is 17.9 Å². The van der Waals surface area contributed by atoms with Crippen LogP contribution >= 0.6 is 15.9 Å². The van der Waals surface area contributed by atoms with Gasteiger partial charge in [0, 0.05) is 10.7 Å². The highest BCUT2D eigenvalue weighted by Crippen LogP contribution is 2.20. The molecule has 1 heterocycles. The Bertz CT molecular complexity index is 622. The lowest BCUT2D eigenvalue weighted by Gasteiger charge is -2.09. The lowest BCUT2D eigenvalue weighted by atomic mass is 10.2. The molecule has 0 atom stereocenters. The van der Waals surface area contributed by atoms with Crippen LogP contribution in [0.5, 0.6) is 0 Å². The van der Waals surface area contributed by atoms with Crippen LogP contribution in [0.25, 0.3) is 0 Å². The SMILES string of the molecule is O=C(O)c1cncnc1CNc1cc(Br)ccc1F. The second-order valence-electron chi connectivity index (χ2n) is 3.67. The summed E-state index contributed by atoms with van der Waals surface area (Å²) in [6.45, 7) is 0.0948. The molecule has 7 heteroatoms. The molecule has 0 spiro atoms. The van der Waals surface area contributed by atoms with Gasteiger partial charge >= 0.3 is 5.97 Å². The number of carboxylic acid groups (broad SMARTS) is 1. The van der Waals surface area contributed by atoms with Gasteiger partial charge in [-0.1, -0.05) is 15.9 Å². The monoisotopic (exact) mass is 325 g/mol. The molecule has 0 aliphatic carbocycles. The highest BCUT2D eigenvalue weighted by Gasteiger charge is 2.11. The maximum atomic E-state index is 13.5. The third kappa shape index (κ3) is 3.25. The fourth-order valence-corrected chi connectivity index (χ4v) is 1.85. The van der Waals surface area contributed by atoms with E-state index >= 15 is 0 Å². The molecule has 5 nitrogen and oxygen atoms in total. The molecule has 0 saturated heterocycles. The fourth-order valence-electron chi connectivity index (χ4n) is 1.49. The molecule has 2 aromatic rings. The van der Waals surface area contributed by atoms with Gasteiger partial charge < -0.3 is 10.4 Å². The molecule has 1 aromatic heterocycles. The summed E-state index contributed by atoms with van der Waals surface area (Å²) in [5.74, 6) is -1.54. The predicted octanol–water partition coefficient (Wildman–Crippen LogP) is 2.69. The van der Waals surface area contributed by atoms with Gasteiger partial charge in [-0.3, -0.25) is 0 Å². The number of nitrogens with one attached hydrogen (secondary N) is 1. The summed E-state index contributed by atoms with van der Waals surface area (Å²) in [6.07, 6.45) is 2.46. The number of hydrogen-bond acceptors (Lipinski definition) is 4. The number of nitrogens with zero attached hydrogens (tertiary/aromatic N) is 2. The number of benzene rings is 1. The average molecular weight is 326 g/mol. The number of rotatable bonds is 4. The standard InChI is InChI=1S/C12H9BrFN3O2/c13-7-1-2-9(14)10(3-7)16-5-11-8(12(18)19)4-15-6-17-11/h1-4,6,16H,5H2,(H,18,19). The first-order chi connectivity index (χ1) is 9.08. The van der Waals surface area contributed by atoms with Crippen LogP contribution < -0.4 is 5.32 Å². The van der Waals surface area contributed by atoms with E-state index in [2.05, 4.69) is 31.2 Å². The number of aromatic carboxylic acids is 1. The van der Waals surface area contributed by atoms with Crippen LogP contribution in [-0.2, 0) is 6.54 Å². The number of anilines is 1. The molecule has 0 aliphatic rings. The lowest BCUT2D eigenvalue weighted by Crippen LogP contribution is -2.10. The Hall–Kier alpha value is -2.02. The van der Waals surface area contributed by atoms with Crippen molar-refractivity contribution < 1.29 is 14.3 Å². The first-order valence-corrected chi connectivity index (χ1v) is 6.08. The summed E-state index contributed by atoms with van der Waals surface area (Å²) in [7, 11) is 0. The van der Waals surface area contributed by atoms with Gasteiger partial charge in [0.2, 0.25) is 0 Å². The van der Waals surface area contributed by atoms with Crippen molar-refractivity contribution in [3.8, 4) is 0 Å². The molecular weight excluding hydrogens is 317 g/mol. The summed E-state index contributed by atoms with van der Waals surface area (Å²) in [5, 5.41) is 11.8. The van der Waals surface area contributed by atoms with Crippen LogP contribution in [0.15, 0.2) is 35.2 Å². The summed E-state index contributed by atoms with van der Waals surface area (Å²) >= 11 is 3.23. The first kappa shape index (κ1) is 13.4. The van der Waals surface area contributed by atoms with Crippen LogP contribution in [-0.4, -0.2) is 21.0 Å². The van der Waals surface area contributed by atoms with E-state index in [0.29, 0.717) is 5.69 Å².